The van der Waals surface area contributed by atoms with E-state index >= 15 is 0 Å². The summed E-state index contributed by atoms with van der Waals surface area (Å²) < 4.78 is 16.4. The van der Waals surface area contributed by atoms with E-state index in [9.17, 15) is 9.18 Å². The van der Waals surface area contributed by atoms with Crippen molar-refractivity contribution >= 4 is 28.9 Å². The van der Waals surface area contributed by atoms with Crippen molar-refractivity contribution in [3.05, 3.63) is 48.2 Å². The number of rotatable bonds is 5. The molecular weight excluding hydrogens is 361 g/mol. The Hall–Kier alpha value is -3.20. The number of nitrogens with zero attached hydrogens (tertiary/aromatic N) is 3. The van der Waals surface area contributed by atoms with Gasteiger partial charge in [0.25, 0.3) is 5.91 Å². The molecule has 3 aromatic rings. The minimum atomic E-state index is -0.765. The van der Waals surface area contributed by atoms with Gasteiger partial charge in [-0.2, -0.15) is 0 Å². The molecule has 1 saturated carbocycles. The van der Waals surface area contributed by atoms with E-state index in [1.54, 1.807) is 24.7 Å². The van der Waals surface area contributed by atoms with Crippen molar-refractivity contribution in [3.63, 3.8) is 0 Å². The minimum Gasteiger partial charge on any atom is -0.365 e. The third-order valence-electron chi connectivity index (χ3n) is 5.03. The molecule has 0 spiro atoms. The van der Waals surface area contributed by atoms with E-state index in [0.29, 0.717) is 5.69 Å². The Morgan fingerprint density at radius 2 is 2.07 bits per heavy atom. The molecule has 0 radical (unpaired) electrons. The molecule has 28 heavy (non-hydrogen) atoms. The quantitative estimate of drug-likeness (QED) is 0.536. The fraction of sp³-hybridized carbons (Fsp3) is 0.316. The van der Waals surface area contributed by atoms with Gasteiger partial charge in [0.15, 0.2) is 11.6 Å². The molecule has 0 saturated heterocycles. The van der Waals surface area contributed by atoms with Crippen LogP contribution >= 0.6 is 0 Å². The van der Waals surface area contributed by atoms with Crippen LogP contribution in [0.15, 0.2) is 36.8 Å². The largest absolute Gasteiger partial charge is 0.365 e. The van der Waals surface area contributed by atoms with Gasteiger partial charge < -0.3 is 26.5 Å². The number of fused-ring (bicyclic) bond motifs is 1. The lowest BCUT2D eigenvalue weighted by Gasteiger charge is -2.30. The van der Waals surface area contributed by atoms with Crippen LogP contribution in [-0.4, -0.2) is 32.4 Å². The van der Waals surface area contributed by atoms with Gasteiger partial charge in [0, 0.05) is 30.7 Å². The molecule has 1 aliphatic rings. The third-order valence-corrected chi connectivity index (χ3v) is 5.03. The fourth-order valence-corrected chi connectivity index (χ4v) is 3.52. The molecule has 0 aromatic carbocycles. The summed E-state index contributed by atoms with van der Waals surface area (Å²) in [5.41, 5.74) is 13.0. The Bertz CT molecular complexity index is 1020. The standard InChI is InChI=1S/C19H22FN7O/c20-13-9-12(17(22)28)18(24-11-5-6-16-23-7-8-27(16)10-11)26-19(13)25-15-4-2-1-3-14(15)21/h5-10,14-15H,1-4,21H2,(H2,22,28)(H2,24,25,26). The molecule has 2 atom stereocenters. The molecule has 6 N–H and O–H groups in total. The molecule has 3 heterocycles. The van der Waals surface area contributed by atoms with E-state index in [-0.39, 0.29) is 29.3 Å². The summed E-state index contributed by atoms with van der Waals surface area (Å²) in [6, 6.07) is 4.58. The third kappa shape index (κ3) is 3.61. The van der Waals surface area contributed by atoms with Crippen LogP contribution in [0.2, 0.25) is 0 Å². The smallest absolute Gasteiger partial charge is 0.252 e. The first kappa shape index (κ1) is 18.2. The van der Waals surface area contributed by atoms with E-state index in [0.717, 1.165) is 37.4 Å². The van der Waals surface area contributed by atoms with Gasteiger partial charge in [-0.05, 0) is 31.0 Å². The molecule has 1 aliphatic carbocycles. The number of amides is 1. The van der Waals surface area contributed by atoms with Crippen LogP contribution in [0.25, 0.3) is 5.65 Å². The van der Waals surface area contributed by atoms with Gasteiger partial charge in [-0.3, -0.25) is 4.79 Å². The van der Waals surface area contributed by atoms with Crippen molar-refractivity contribution in [1.29, 1.82) is 0 Å². The second kappa shape index (κ2) is 7.43. The number of pyridine rings is 2. The van der Waals surface area contributed by atoms with Crippen molar-refractivity contribution in [2.75, 3.05) is 10.6 Å². The van der Waals surface area contributed by atoms with Gasteiger partial charge in [-0.25, -0.2) is 14.4 Å². The summed E-state index contributed by atoms with van der Waals surface area (Å²) in [6.07, 6.45) is 9.10. The summed E-state index contributed by atoms with van der Waals surface area (Å²) in [7, 11) is 0. The first-order chi connectivity index (χ1) is 13.5. The van der Waals surface area contributed by atoms with E-state index < -0.39 is 11.7 Å². The van der Waals surface area contributed by atoms with E-state index in [1.165, 1.54) is 0 Å². The lowest BCUT2D eigenvalue weighted by molar-refractivity contribution is 0.100. The molecule has 4 rings (SSSR count). The van der Waals surface area contributed by atoms with Crippen LogP contribution in [0.5, 0.6) is 0 Å². The molecule has 146 valence electrons. The van der Waals surface area contributed by atoms with Gasteiger partial charge in [-0.1, -0.05) is 12.8 Å². The highest BCUT2D eigenvalue weighted by Crippen LogP contribution is 2.26. The van der Waals surface area contributed by atoms with Gasteiger partial charge >= 0.3 is 0 Å². The number of halogens is 1. The van der Waals surface area contributed by atoms with Crippen LogP contribution in [0.1, 0.15) is 36.0 Å². The van der Waals surface area contributed by atoms with Gasteiger partial charge in [0.1, 0.15) is 11.5 Å². The number of hydrogen-bond donors (Lipinski definition) is 4. The molecule has 9 heteroatoms. The Kier molecular flexibility index (Phi) is 4.82. The molecule has 0 bridgehead atoms. The summed E-state index contributed by atoms with van der Waals surface area (Å²) >= 11 is 0. The van der Waals surface area contributed by atoms with Crippen LogP contribution in [-0.2, 0) is 0 Å². The molecule has 1 amide bonds. The van der Waals surface area contributed by atoms with Gasteiger partial charge in [0.05, 0.1) is 11.3 Å². The lowest BCUT2D eigenvalue weighted by Crippen LogP contribution is -2.43. The number of carbonyl (C=O) groups excluding carboxylic acids is 1. The first-order valence-electron chi connectivity index (χ1n) is 9.23. The highest BCUT2D eigenvalue weighted by molar-refractivity contribution is 5.98. The molecule has 0 aliphatic heterocycles. The Morgan fingerprint density at radius 1 is 1.25 bits per heavy atom. The maximum Gasteiger partial charge on any atom is 0.252 e. The molecule has 3 aromatic heterocycles. The number of anilines is 3. The number of nitrogens with one attached hydrogen (secondary N) is 2. The second-order valence-corrected chi connectivity index (χ2v) is 7.01. The zero-order valence-corrected chi connectivity index (χ0v) is 15.2. The van der Waals surface area contributed by atoms with Crippen LogP contribution in [0.4, 0.5) is 21.7 Å². The summed E-state index contributed by atoms with van der Waals surface area (Å²) in [4.78, 5) is 20.3. The zero-order valence-electron chi connectivity index (χ0n) is 15.2. The minimum absolute atomic E-state index is 0.0262. The van der Waals surface area contributed by atoms with E-state index in [1.807, 2.05) is 10.5 Å². The Balaban J connectivity index is 1.66. The predicted octanol–water partition coefficient (Wildman–Crippen LogP) is 2.39. The SMILES string of the molecule is NC(=O)c1cc(F)c(NC2CCCCC2N)nc1Nc1ccc2nccn2c1. The monoisotopic (exact) mass is 383 g/mol. The second-order valence-electron chi connectivity index (χ2n) is 7.01. The van der Waals surface area contributed by atoms with Gasteiger partial charge in [-0.15, -0.1) is 0 Å². The Morgan fingerprint density at radius 3 is 2.86 bits per heavy atom. The summed E-state index contributed by atoms with van der Waals surface area (Å²) in [5, 5.41) is 6.15. The summed E-state index contributed by atoms with van der Waals surface area (Å²) in [6.45, 7) is 0. The Labute approximate surface area is 161 Å². The molecule has 2 unspecified atom stereocenters. The number of aromatic nitrogens is 3. The van der Waals surface area contributed by atoms with E-state index in [2.05, 4.69) is 20.6 Å². The maximum atomic E-state index is 14.6. The van der Waals surface area contributed by atoms with Crippen molar-refractivity contribution in [1.82, 2.24) is 14.4 Å². The number of carbonyl (C=O) groups is 1. The maximum absolute atomic E-state index is 14.6. The van der Waals surface area contributed by atoms with Gasteiger partial charge in [0.2, 0.25) is 0 Å². The highest BCUT2D eigenvalue weighted by Gasteiger charge is 2.24. The summed E-state index contributed by atoms with van der Waals surface area (Å²) in [5.74, 6) is -1.17. The topological polar surface area (TPSA) is 123 Å². The highest BCUT2D eigenvalue weighted by atomic mass is 19.1. The number of hydrogen-bond acceptors (Lipinski definition) is 6. The van der Waals surface area contributed by atoms with Crippen molar-refractivity contribution in [3.8, 4) is 0 Å². The zero-order chi connectivity index (χ0) is 19.7. The normalized spacial score (nSPS) is 19.5. The fourth-order valence-electron chi connectivity index (χ4n) is 3.52. The van der Waals surface area contributed by atoms with Crippen molar-refractivity contribution in [2.24, 2.45) is 11.5 Å². The number of nitrogens with two attached hydrogens (primary N) is 2. The molecule has 1 fully saturated rings. The first-order valence-corrected chi connectivity index (χ1v) is 9.23. The predicted molar refractivity (Wildman–Crippen MR) is 105 cm³/mol. The van der Waals surface area contributed by atoms with Crippen LogP contribution in [0.3, 0.4) is 0 Å². The molecular formula is C19H22FN7O. The van der Waals surface area contributed by atoms with Crippen molar-refractivity contribution < 1.29 is 9.18 Å². The number of primary amides is 1. The van der Waals surface area contributed by atoms with Crippen molar-refractivity contribution in [2.45, 2.75) is 37.8 Å². The van der Waals surface area contributed by atoms with Crippen LogP contribution in [0, 0.1) is 5.82 Å². The number of imidazole rings is 1. The van der Waals surface area contributed by atoms with Crippen LogP contribution < -0.4 is 22.1 Å². The molecule has 8 nitrogen and oxygen atoms in total. The lowest BCUT2D eigenvalue weighted by atomic mass is 9.91. The average molecular weight is 383 g/mol. The average Bonchev–Trinajstić information content (AvgIpc) is 3.13. The van der Waals surface area contributed by atoms with E-state index in [4.69, 9.17) is 11.5 Å².